The molecule has 22 heavy (non-hydrogen) atoms. The molecule has 0 radical (unpaired) electrons. The van der Waals surface area contributed by atoms with Crippen LogP contribution in [0.25, 0.3) is 0 Å². The predicted octanol–water partition coefficient (Wildman–Crippen LogP) is 2.26. The first-order valence-electron chi connectivity index (χ1n) is 7.11. The molecule has 0 amide bonds. The lowest BCUT2D eigenvalue weighted by molar-refractivity contribution is -0.226. The fourth-order valence-electron chi connectivity index (χ4n) is 2.34. The minimum atomic E-state index is -4.71. The zero-order valence-electron chi connectivity index (χ0n) is 12.1. The first-order chi connectivity index (χ1) is 10.4. The van der Waals surface area contributed by atoms with E-state index in [1.54, 1.807) is 0 Å². The van der Waals surface area contributed by atoms with Crippen LogP contribution in [0.4, 0.5) is 13.2 Å². The number of hydrogen-bond acceptors (Lipinski definition) is 5. The van der Waals surface area contributed by atoms with E-state index in [1.165, 1.54) is 24.4 Å². The van der Waals surface area contributed by atoms with Gasteiger partial charge in [-0.15, -0.1) is 0 Å². The average molecular weight is 317 g/mol. The Kier molecular flexibility index (Phi) is 5.36. The summed E-state index contributed by atoms with van der Waals surface area (Å²) >= 11 is 0. The monoisotopic (exact) mass is 317 g/mol. The number of pyridine rings is 1. The third kappa shape index (κ3) is 4.17. The van der Waals surface area contributed by atoms with Crippen LogP contribution in [-0.2, 0) is 9.53 Å². The number of halogens is 3. The Bertz CT molecular complexity index is 496. The van der Waals surface area contributed by atoms with Crippen LogP contribution < -0.4 is 10.9 Å². The molecule has 1 aliphatic heterocycles. The van der Waals surface area contributed by atoms with Crippen LogP contribution >= 0.6 is 0 Å². The molecule has 1 aromatic heterocycles. The van der Waals surface area contributed by atoms with Gasteiger partial charge in [0.1, 0.15) is 6.04 Å². The van der Waals surface area contributed by atoms with Crippen LogP contribution in [0.2, 0.25) is 0 Å². The molecular formula is C14H18F3N3O2. The van der Waals surface area contributed by atoms with E-state index in [0.29, 0.717) is 6.42 Å². The average Bonchev–Trinajstić information content (AvgIpc) is 2.93. The summed E-state index contributed by atoms with van der Waals surface area (Å²) in [7, 11) is 0. The highest BCUT2D eigenvalue weighted by molar-refractivity contribution is 5.76. The Balaban J connectivity index is 2.04. The first kappa shape index (κ1) is 16.7. The molecule has 0 spiro atoms. The van der Waals surface area contributed by atoms with Crippen molar-refractivity contribution < 1.29 is 22.7 Å². The lowest BCUT2D eigenvalue weighted by atomic mass is 10.1. The van der Waals surface area contributed by atoms with Crippen LogP contribution in [0.15, 0.2) is 24.4 Å². The molecule has 0 aliphatic carbocycles. The Morgan fingerprint density at radius 3 is 2.82 bits per heavy atom. The number of alkyl halides is 3. The van der Waals surface area contributed by atoms with Gasteiger partial charge in [-0.2, -0.15) is 13.2 Å². The molecule has 2 rings (SSSR count). The molecule has 1 fully saturated rings. The van der Waals surface area contributed by atoms with Crippen molar-refractivity contribution in [3.63, 3.8) is 0 Å². The fourth-order valence-corrected chi connectivity index (χ4v) is 2.34. The van der Waals surface area contributed by atoms with Gasteiger partial charge < -0.3 is 4.74 Å². The molecule has 1 saturated heterocycles. The zero-order chi connectivity index (χ0) is 16.2. The highest BCUT2D eigenvalue weighted by atomic mass is 19.4. The van der Waals surface area contributed by atoms with Crippen LogP contribution in [0.3, 0.4) is 0 Å². The number of hydrogen-bond donors (Lipinski definition) is 2. The number of carbonyl (C=O) groups is 1. The fraction of sp³-hybridized carbons (Fsp3) is 0.571. The number of rotatable bonds is 5. The van der Waals surface area contributed by atoms with Gasteiger partial charge in [-0.3, -0.25) is 15.2 Å². The third-order valence-corrected chi connectivity index (χ3v) is 3.39. The van der Waals surface area contributed by atoms with Gasteiger partial charge in [0.05, 0.1) is 5.69 Å². The summed E-state index contributed by atoms with van der Waals surface area (Å²) in [5.74, 6) is -0.931. The normalized spacial score (nSPS) is 23.3. The number of ether oxygens (including phenoxy) is 1. The lowest BCUT2D eigenvalue weighted by Crippen LogP contribution is -2.40. The topological polar surface area (TPSA) is 63.2 Å². The first-order valence-corrected chi connectivity index (χ1v) is 7.11. The maximum absolute atomic E-state index is 13.1. The molecular weight excluding hydrogens is 299 g/mol. The highest BCUT2D eigenvalue weighted by Crippen LogP contribution is 2.35. The van der Waals surface area contributed by atoms with Crippen molar-refractivity contribution in [2.75, 3.05) is 0 Å². The molecule has 0 aromatic carbocycles. The van der Waals surface area contributed by atoms with E-state index in [9.17, 15) is 18.0 Å². The van der Waals surface area contributed by atoms with Gasteiger partial charge in [0.15, 0.2) is 0 Å². The number of nitrogens with zero attached hydrogens (tertiary/aromatic N) is 1. The van der Waals surface area contributed by atoms with Crippen molar-refractivity contribution in [1.82, 2.24) is 15.8 Å². The van der Waals surface area contributed by atoms with Gasteiger partial charge in [0.25, 0.3) is 0 Å². The van der Waals surface area contributed by atoms with Crippen molar-refractivity contribution in [3.8, 4) is 0 Å². The predicted molar refractivity (Wildman–Crippen MR) is 72.5 cm³/mol. The molecule has 0 bridgehead atoms. The largest absolute Gasteiger partial charge is 0.445 e. The number of esters is 1. The SMILES string of the molecule is CCCC1CC(C(=O)OC(c2ccccn2)C(F)(F)F)NN1. The zero-order valence-corrected chi connectivity index (χ0v) is 12.1. The molecule has 3 atom stereocenters. The van der Waals surface area contributed by atoms with Crippen LogP contribution in [0.5, 0.6) is 0 Å². The Morgan fingerprint density at radius 1 is 1.45 bits per heavy atom. The number of nitrogens with one attached hydrogen (secondary N) is 2. The van der Waals surface area contributed by atoms with Crippen LogP contribution in [0, 0.1) is 0 Å². The van der Waals surface area contributed by atoms with E-state index in [0.717, 1.165) is 12.8 Å². The standard InChI is InChI=1S/C14H18F3N3O2/c1-2-5-9-8-11(20-19-9)13(21)22-12(14(15,16)17)10-6-3-4-7-18-10/h3-4,6-7,9,11-12,19-20H,2,5,8H2,1H3. The van der Waals surface area contributed by atoms with Gasteiger partial charge in [-0.05, 0) is 25.0 Å². The quantitative estimate of drug-likeness (QED) is 0.816. The Hall–Kier alpha value is -1.67. The molecule has 0 saturated carbocycles. The second-order valence-corrected chi connectivity index (χ2v) is 5.18. The van der Waals surface area contributed by atoms with Crippen molar-refractivity contribution in [2.24, 2.45) is 0 Å². The molecule has 2 heterocycles. The highest BCUT2D eigenvalue weighted by Gasteiger charge is 2.46. The van der Waals surface area contributed by atoms with E-state index in [4.69, 9.17) is 0 Å². The van der Waals surface area contributed by atoms with Gasteiger partial charge in [-0.25, -0.2) is 5.43 Å². The second kappa shape index (κ2) is 7.06. The molecule has 3 unspecified atom stereocenters. The third-order valence-electron chi connectivity index (χ3n) is 3.39. The van der Waals surface area contributed by atoms with E-state index >= 15 is 0 Å². The summed E-state index contributed by atoms with van der Waals surface area (Å²) in [4.78, 5) is 15.6. The number of carbonyl (C=O) groups excluding carboxylic acids is 1. The van der Waals surface area contributed by atoms with Crippen molar-refractivity contribution in [2.45, 2.75) is 50.6 Å². The summed E-state index contributed by atoms with van der Waals surface area (Å²) in [5.41, 5.74) is 5.25. The van der Waals surface area contributed by atoms with E-state index in [-0.39, 0.29) is 11.7 Å². The molecule has 1 aliphatic rings. The second-order valence-electron chi connectivity index (χ2n) is 5.18. The van der Waals surface area contributed by atoms with Crippen LogP contribution in [-0.4, -0.2) is 29.2 Å². The van der Waals surface area contributed by atoms with E-state index in [2.05, 4.69) is 20.6 Å². The molecule has 5 nitrogen and oxygen atoms in total. The van der Waals surface area contributed by atoms with Gasteiger partial charge in [0, 0.05) is 12.2 Å². The lowest BCUT2D eigenvalue weighted by Gasteiger charge is -2.21. The summed E-state index contributed by atoms with van der Waals surface area (Å²) < 4.78 is 44.0. The minimum Gasteiger partial charge on any atom is -0.445 e. The van der Waals surface area contributed by atoms with Gasteiger partial charge >= 0.3 is 12.1 Å². The van der Waals surface area contributed by atoms with E-state index < -0.39 is 24.3 Å². The summed E-state index contributed by atoms with van der Waals surface area (Å²) in [6.45, 7) is 1.99. The van der Waals surface area contributed by atoms with Crippen molar-refractivity contribution in [3.05, 3.63) is 30.1 Å². The summed E-state index contributed by atoms with van der Waals surface area (Å²) in [5, 5.41) is 0. The maximum Gasteiger partial charge on any atom is 0.431 e. The molecule has 1 aromatic rings. The summed E-state index contributed by atoms with van der Waals surface area (Å²) in [6, 6.07) is 3.37. The van der Waals surface area contributed by atoms with Gasteiger partial charge in [0.2, 0.25) is 6.10 Å². The van der Waals surface area contributed by atoms with E-state index in [1.807, 2.05) is 6.92 Å². The smallest absolute Gasteiger partial charge is 0.431 e. The molecule has 2 N–H and O–H groups in total. The number of hydrazine groups is 1. The minimum absolute atomic E-state index is 0.0572. The van der Waals surface area contributed by atoms with Crippen LogP contribution in [0.1, 0.15) is 38.0 Å². The Labute approximate surface area is 126 Å². The number of aromatic nitrogens is 1. The van der Waals surface area contributed by atoms with Crippen molar-refractivity contribution >= 4 is 5.97 Å². The maximum atomic E-state index is 13.1. The van der Waals surface area contributed by atoms with Crippen molar-refractivity contribution in [1.29, 1.82) is 0 Å². The molecule has 8 heteroatoms. The Morgan fingerprint density at radius 2 is 2.23 bits per heavy atom. The summed E-state index contributed by atoms with van der Waals surface area (Å²) in [6.07, 6.45) is -3.68. The molecule has 122 valence electrons. The van der Waals surface area contributed by atoms with Gasteiger partial charge in [-0.1, -0.05) is 19.4 Å².